The summed E-state index contributed by atoms with van der Waals surface area (Å²) in [5.41, 5.74) is 7.11. The molecule has 0 N–H and O–H groups in total. The lowest BCUT2D eigenvalue weighted by Gasteiger charge is -2.48. The molecule has 1 saturated heterocycles. The number of benzene rings is 2. The van der Waals surface area contributed by atoms with Crippen LogP contribution in [0, 0.1) is 5.92 Å². The molecule has 0 spiro atoms. The van der Waals surface area contributed by atoms with Crippen LogP contribution in [-0.2, 0) is 40.8 Å². The van der Waals surface area contributed by atoms with Crippen molar-refractivity contribution in [2.45, 2.75) is 150 Å². The summed E-state index contributed by atoms with van der Waals surface area (Å²) in [6, 6.07) is 14.4. The molecule has 1 unspecified atom stereocenters. The molecular weight excluding hydrogens is 523 g/mol. The highest BCUT2D eigenvalue weighted by Gasteiger charge is 2.50. The Kier molecular flexibility index (Phi) is 10.4. The Morgan fingerprint density at radius 2 is 1.10 bits per heavy atom. The zero-order valence-corrected chi connectivity index (χ0v) is 29.6. The van der Waals surface area contributed by atoms with E-state index in [0.29, 0.717) is 6.79 Å². The topological polar surface area (TPSA) is 27.7 Å². The number of hydrogen-bond acceptors (Lipinski definition) is 3. The van der Waals surface area contributed by atoms with Crippen molar-refractivity contribution in [3.05, 3.63) is 69.8 Å². The maximum absolute atomic E-state index is 7.34. The molecule has 3 nitrogen and oxygen atoms in total. The summed E-state index contributed by atoms with van der Waals surface area (Å²) in [5.74, 6) is 0.251. The largest absolute Gasteiger partial charge is 0.338 e. The van der Waals surface area contributed by atoms with Crippen LogP contribution in [0.4, 0.5) is 0 Å². The molecule has 1 heterocycles. The molecule has 1 fully saturated rings. The van der Waals surface area contributed by atoms with Crippen molar-refractivity contribution in [3.63, 3.8) is 0 Å². The van der Waals surface area contributed by atoms with E-state index in [4.69, 9.17) is 13.6 Å². The van der Waals surface area contributed by atoms with Gasteiger partial charge in [-0.15, -0.1) is 0 Å². The van der Waals surface area contributed by atoms with Crippen molar-refractivity contribution in [1.29, 1.82) is 0 Å². The average molecular weight is 583 g/mol. The maximum atomic E-state index is 7.34. The van der Waals surface area contributed by atoms with E-state index in [-0.39, 0.29) is 27.6 Å². The van der Waals surface area contributed by atoms with Gasteiger partial charge in [0.2, 0.25) is 0 Å². The third kappa shape index (κ3) is 7.46. The Morgan fingerprint density at radius 3 is 1.39 bits per heavy atom. The number of hydrogen-bond donors (Lipinski definition) is 0. The van der Waals surface area contributed by atoms with Gasteiger partial charge >= 0.3 is 8.60 Å². The molecule has 2 aromatic rings. The summed E-state index contributed by atoms with van der Waals surface area (Å²) >= 11 is 0. The summed E-state index contributed by atoms with van der Waals surface area (Å²) in [5, 5.41) is 0. The van der Waals surface area contributed by atoms with Crippen molar-refractivity contribution in [2.24, 2.45) is 5.92 Å². The third-order valence-corrected chi connectivity index (χ3v) is 9.77. The molecule has 0 radical (unpaired) electrons. The highest BCUT2D eigenvalue weighted by Crippen LogP contribution is 2.60. The van der Waals surface area contributed by atoms with E-state index in [1.165, 1.54) is 33.4 Å². The second-order valence-electron chi connectivity index (χ2n) is 16.2. The molecule has 4 heteroatoms. The summed E-state index contributed by atoms with van der Waals surface area (Å²) in [6.45, 7) is 32.8. The highest BCUT2D eigenvalue weighted by atomic mass is 31.2. The molecule has 1 aliphatic rings. The van der Waals surface area contributed by atoms with Crippen LogP contribution in [0.3, 0.4) is 0 Å². The van der Waals surface area contributed by atoms with E-state index < -0.39 is 14.2 Å². The Labute approximate surface area is 254 Å². The normalized spacial score (nSPS) is 16.5. The number of rotatable bonds is 9. The Hall–Kier alpha value is -1.25. The maximum Gasteiger partial charge on any atom is 0.338 e. The summed E-state index contributed by atoms with van der Waals surface area (Å²) in [6.07, 6.45) is 4.38. The fourth-order valence-corrected chi connectivity index (χ4v) is 6.96. The zero-order valence-electron chi connectivity index (χ0n) is 28.7. The van der Waals surface area contributed by atoms with Gasteiger partial charge in [0.05, 0.1) is 0 Å². The SMILES string of the molecule is CCCCC(CC)C(OP1OCO1)(c1ccc(C(C)(C)C)cc1C(C)(C)C)c1ccc(C(C)(C)C)cc1C(C)(C)C. The van der Waals surface area contributed by atoms with Gasteiger partial charge in [-0.3, -0.25) is 13.6 Å². The van der Waals surface area contributed by atoms with Gasteiger partial charge in [-0.2, -0.15) is 0 Å². The van der Waals surface area contributed by atoms with Crippen LogP contribution in [0.5, 0.6) is 0 Å². The van der Waals surface area contributed by atoms with Crippen LogP contribution in [0.25, 0.3) is 0 Å². The first-order valence-electron chi connectivity index (χ1n) is 15.8. The molecular formula is C37H59O3P. The van der Waals surface area contributed by atoms with Crippen LogP contribution in [-0.4, -0.2) is 6.79 Å². The van der Waals surface area contributed by atoms with E-state index in [1.807, 2.05) is 0 Å². The monoisotopic (exact) mass is 582 g/mol. The average Bonchev–Trinajstić information content (AvgIpc) is 2.82. The van der Waals surface area contributed by atoms with Crippen LogP contribution >= 0.6 is 8.60 Å². The van der Waals surface area contributed by atoms with E-state index in [0.717, 1.165) is 25.7 Å². The van der Waals surface area contributed by atoms with Crippen LogP contribution in [0.15, 0.2) is 36.4 Å². The van der Waals surface area contributed by atoms with Gasteiger partial charge in [0.15, 0.2) is 6.79 Å². The minimum Gasteiger partial charge on any atom is -0.295 e. The van der Waals surface area contributed by atoms with E-state index in [1.54, 1.807) is 0 Å². The van der Waals surface area contributed by atoms with Crippen molar-refractivity contribution in [3.8, 4) is 0 Å². The molecule has 0 saturated carbocycles. The van der Waals surface area contributed by atoms with Gasteiger partial charge in [-0.1, -0.05) is 146 Å². The molecule has 0 aliphatic carbocycles. The first-order chi connectivity index (χ1) is 18.8. The fraction of sp³-hybridized carbons (Fsp3) is 0.676. The molecule has 1 atom stereocenters. The van der Waals surface area contributed by atoms with E-state index in [2.05, 4.69) is 133 Å². The van der Waals surface area contributed by atoms with E-state index >= 15 is 0 Å². The fourth-order valence-electron chi connectivity index (χ4n) is 6.08. The quantitative estimate of drug-likeness (QED) is 0.275. The second-order valence-corrected chi connectivity index (χ2v) is 17.3. The van der Waals surface area contributed by atoms with Crippen molar-refractivity contribution < 1.29 is 13.6 Å². The van der Waals surface area contributed by atoms with Crippen molar-refractivity contribution >= 4 is 8.60 Å². The van der Waals surface area contributed by atoms with Crippen LogP contribution in [0.1, 0.15) is 156 Å². The first-order valence-corrected chi connectivity index (χ1v) is 16.9. The lowest BCUT2D eigenvalue weighted by atomic mass is 9.64. The van der Waals surface area contributed by atoms with Gasteiger partial charge in [-0.25, -0.2) is 0 Å². The lowest BCUT2D eigenvalue weighted by Crippen LogP contribution is -2.43. The molecule has 0 bridgehead atoms. The standard InChI is InChI=1S/C37H59O3P/c1-15-17-18-26(16-2)37(40-41-38-25-39-41,29-21-19-27(33(3,4)5)23-31(29)35(9,10)11)30-22-20-28(34(6,7)8)24-32(30)36(12,13)14/h19-24,26H,15-18,25H2,1-14H3. The van der Waals surface area contributed by atoms with Gasteiger partial charge in [0.1, 0.15) is 5.60 Å². The molecule has 0 amide bonds. The minimum absolute atomic E-state index is 0.0453. The Balaban J connectivity index is 2.56. The second kappa shape index (κ2) is 12.4. The van der Waals surface area contributed by atoms with Crippen LogP contribution in [0.2, 0.25) is 0 Å². The Morgan fingerprint density at radius 1 is 0.659 bits per heavy atom. The molecule has 0 aromatic heterocycles. The zero-order chi connectivity index (χ0) is 31.0. The molecule has 1 aliphatic heterocycles. The molecule has 2 aromatic carbocycles. The highest BCUT2D eigenvalue weighted by molar-refractivity contribution is 7.42. The molecule has 3 rings (SSSR count). The lowest BCUT2D eigenvalue weighted by molar-refractivity contribution is -0.0626. The van der Waals surface area contributed by atoms with E-state index in [9.17, 15) is 0 Å². The minimum atomic E-state index is -1.44. The summed E-state index contributed by atoms with van der Waals surface area (Å²) in [7, 11) is -1.44. The third-order valence-electron chi connectivity index (χ3n) is 8.70. The van der Waals surface area contributed by atoms with Crippen LogP contribution < -0.4 is 0 Å². The Bertz CT molecular complexity index is 1090. The predicted molar refractivity (Wildman–Crippen MR) is 177 cm³/mol. The first kappa shape index (κ1) is 34.2. The molecule has 230 valence electrons. The molecule has 41 heavy (non-hydrogen) atoms. The number of unbranched alkanes of at least 4 members (excludes halogenated alkanes) is 1. The smallest absolute Gasteiger partial charge is 0.295 e. The predicted octanol–water partition coefficient (Wildman–Crippen LogP) is 11.6. The summed E-state index contributed by atoms with van der Waals surface area (Å²) < 4.78 is 19.3. The van der Waals surface area contributed by atoms with Gasteiger partial charge < -0.3 is 0 Å². The van der Waals surface area contributed by atoms with Gasteiger partial charge in [-0.05, 0) is 73.8 Å². The van der Waals surface area contributed by atoms with Gasteiger partial charge in [0, 0.05) is 0 Å². The summed E-state index contributed by atoms with van der Waals surface area (Å²) in [4.78, 5) is 0. The van der Waals surface area contributed by atoms with Crippen molar-refractivity contribution in [1.82, 2.24) is 0 Å². The van der Waals surface area contributed by atoms with Crippen molar-refractivity contribution in [2.75, 3.05) is 6.79 Å². The van der Waals surface area contributed by atoms with Gasteiger partial charge in [0.25, 0.3) is 0 Å².